The Morgan fingerprint density at radius 2 is 1.83 bits per heavy atom. The molecule has 0 saturated carbocycles. The van der Waals surface area contributed by atoms with Crippen LogP contribution in [0.25, 0.3) is 0 Å². The van der Waals surface area contributed by atoms with Crippen molar-refractivity contribution in [2.75, 3.05) is 26.2 Å². The van der Waals surface area contributed by atoms with Gasteiger partial charge in [0.15, 0.2) is 0 Å². The van der Waals surface area contributed by atoms with Crippen molar-refractivity contribution in [3.63, 3.8) is 0 Å². The number of piperazine rings is 1. The Bertz CT molecular complexity index is 401. The minimum absolute atomic E-state index is 0.683. The van der Waals surface area contributed by atoms with Gasteiger partial charge in [0.05, 0.1) is 6.04 Å². The van der Waals surface area contributed by atoms with Crippen molar-refractivity contribution in [1.82, 2.24) is 10.2 Å². The molecular formula is C14H20F2N2. The summed E-state index contributed by atoms with van der Waals surface area (Å²) in [4.78, 5) is 1.89. The molecule has 1 saturated heterocycles. The Kier molecular flexibility index (Phi) is 4.30. The highest BCUT2D eigenvalue weighted by Gasteiger charge is 2.31. The molecule has 1 atom stereocenters. The molecule has 2 nitrogen and oxygen atoms in total. The van der Waals surface area contributed by atoms with E-state index < -0.39 is 12.5 Å². The molecule has 0 unspecified atom stereocenters. The molecule has 1 aromatic carbocycles. The van der Waals surface area contributed by atoms with Gasteiger partial charge in [-0.25, -0.2) is 8.78 Å². The highest BCUT2D eigenvalue weighted by Crippen LogP contribution is 2.30. The molecule has 0 bridgehead atoms. The van der Waals surface area contributed by atoms with Crippen LogP contribution in [0.3, 0.4) is 0 Å². The largest absolute Gasteiger partial charge is 0.314 e. The lowest BCUT2D eigenvalue weighted by atomic mass is 9.97. The fraction of sp³-hybridized carbons (Fsp3) is 0.571. The summed E-state index contributed by atoms with van der Waals surface area (Å²) >= 11 is 0. The summed E-state index contributed by atoms with van der Waals surface area (Å²) in [6, 6.07) is 5.03. The van der Waals surface area contributed by atoms with Gasteiger partial charge in [0.25, 0.3) is 6.43 Å². The van der Waals surface area contributed by atoms with Gasteiger partial charge >= 0.3 is 0 Å². The first-order valence-corrected chi connectivity index (χ1v) is 6.39. The zero-order valence-corrected chi connectivity index (χ0v) is 10.9. The van der Waals surface area contributed by atoms with Crippen molar-refractivity contribution >= 4 is 0 Å². The number of alkyl halides is 2. The summed E-state index contributed by atoms with van der Waals surface area (Å²) in [5.74, 6) is 0. The van der Waals surface area contributed by atoms with Crippen LogP contribution < -0.4 is 5.32 Å². The standard InChI is InChI=1S/C14H20F2N2/c1-10-3-4-11(2)12(9-10)13(14(15)16)18-7-5-17-6-8-18/h3-4,9,13-14,17H,5-8H2,1-2H3/t13-/m1/s1. The molecule has 0 amide bonds. The molecule has 4 heteroatoms. The maximum atomic E-state index is 13.4. The van der Waals surface area contributed by atoms with Gasteiger partial charge in [0.2, 0.25) is 0 Å². The van der Waals surface area contributed by atoms with E-state index in [0.717, 1.165) is 29.8 Å². The highest BCUT2D eigenvalue weighted by molar-refractivity contribution is 5.33. The van der Waals surface area contributed by atoms with Crippen LogP contribution in [0.15, 0.2) is 18.2 Å². The average Bonchev–Trinajstić information content (AvgIpc) is 2.35. The van der Waals surface area contributed by atoms with Gasteiger partial charge in [0.1, 0.15) is 0 Å². The number of benzene rings is 1. The maximum absolute atomic E-state index is 13.4. The van der Waals surface area contributed by atoms with Gasteiger partial charge in [-0.15, -0.1) is 0 Å². The molecule has 1 aromatic rings. The van der Waals surface area contributed by atoms with Crippen LogP contribution in [0, 0.1) is 13.8 Å². The van der Waals surface area contributed by atoms with Gasteiger partial charge in [-0.3, -0.25) is 4.90 Å². The molecule has 0 aliphatic carbocycles. The molecule has 0 radical (unpaired) electrons. The first-order chi connectivity index (χ1) is 8.59. The number of halogens is 2. The third-order valence-corrected chi connectivity index (χ3v) is 3.54. The van der Waals surface area contributed by atoms with Crippen molar-refractivity contribution in [2.24, 2.45) is 0 Å². The molecule has 1 aliphatic rings. The van der Waals surface area contributed by atoms with E-state index in [2.05, 4.69) is 5.32 Å². The van der Waals surface area contributed by atoms with E-state index in [1.54, 1.807) is 0 Å². The second-order valence-corrected chi connectivity index (χ2v) is 4.93. The van der Waals surface area contributed by atoms with Gasteiger partial charge in [-0.1, -0.05) is 23.8 Å². The average molecular weight is 254 g/mol. The summed E-state index contributed by atoms with van der Waals surface area (Å²) in [5, 5.41) is 3.20. The molecule has 100 valence electrons. The van der Waals surface area contributed by atoms with Crippen LogP contribution in [-0.4, -0.2) is 37.5 Å². The van der Waals surface area contributed by atoms with Crippen molar-refractivity contribution in [3.05, 3.63) is 34.9 Å². The van der Waals surface area contributed by atoms with Gasteiger partial charge in [-0.2, -0.15) is 0 Å². The number of nitrogens with zero attached hydrogens (tertiary/aromatic N) is 1. The Labute approximate surface area is 107 Å². The Morgan fingerprint density at radius 1 is 1.17 bits per heavy atom. The second kappa shape index (κ2) is 5.76. The normalized spacial score (nSPS) is 19.2. The van der Waals surface area contributed by atoms with E-state index >= 15 is 0 Å². The lowest BCUT2D eigenvalue weighted by molar-refractivity contribution is 0.0178. The quantitative estimate of drug-likeness (QED) is 0.891. The van der Waals surface area contributed by atoms with Crippen molar-refractivity contribution < 1.29 is 8.78 Å². The monoisotopic (exact) mass is 254 g/mol. The third kappa shape index (κ3) is 2.87. The van der Waals surface area contributed by atoms with Crippen LogP contribution in [0.5, 0.6) is 0 Å². The predicted octanol–water partition coefficient (Wildman–Crippen LogP) is 2.51. The fourth-order valence-corrected chi connectivity index (χ4v) is 2.53. The number of hydrogen-bond acceptors (Lipinski definition) is 2. The molecule has 0 spiro atoms. The minimum Gasteiger partial charge on any atom is -0.314 e. The number of aryl methyl sites for hydroxylation is 2. The Hall–Kier alpha value is -1.00. The van der Waals surface area contributed by atoms with Crippen LogP contribution in [-0.2, 0) is 0 Å². The SMILES string of the molecule is Cc1ccc(C)c([C@H](C(F)F)N2CCNCC2)c1. The Balaban J connectivity index is 2.31. The van der Waals surface area contributed by atoms with E-state index in [9.17, 15) is 8.78 Å². The summed E-state index contributed by atoms with van der Waals surface area (Å²) in [7, 11) is 0. The molecular weight excluding hydrogens is 234 g/mol. The maximum Gasteiger partial charge on any atom is 0.258 e. The number of rotatable bonds is 3. The summed E-state index contributed by atoms with van der Waals surface area (Å²) in [6.45, 7) is 6.79. The number of hydrogen-bond donors (Lipinski definition) is 1. The van der Waals surface area contributed by atoms with Gasteiger partial charge in [-0.05, 0) is 25.0 Å². The fourth-order valence-electron chi connectivity index (χ4n) is 2.53. The first kappa shape index (κ1) is 13.4. The zero-order chi connectivity index (χ0) is 13.1. The lowest BCUT2D eigenvalue weighted by Crippen LogP contribution is -2.47. The summed E-state index contributed by atoms with van der Waals surface area (Å²) in [5.41, 5.74) is 2.76. The Morgan fingerprint density at radius 3 is 2.44 bits per heavy atom. The molecule has 0 aromatic heterocycles. The van der Waals surface area contributed by atoms with E-state index in [0.29, 0.717) is 13.1 Å². The van der Waals surface area contributed by atoms with E-state index in [-0.39, 0.29) is 0 Å². The number of nitrogens with one attached hydrogen (secondary N) is 1. The van der Waals surface area contributed by atoms with Crippen LogP contribution >= 0.6 is 0 Å². The topological polar surface area (TPSA) is 15.3 Å². The van der Waals surface area contributed by atoms with Crippen LogP contribution in [0.2, 0.25) is 0 Å². The van der Waals surface area contributed by atoms with E-state index in [4.69, 9.17) is 0 Å². The molecule has 1 heterocycles. The summed E-state index contributed by atoms with van der Waals surface area (Å²) < 4.78 is 26.8. The van der Waals surface area contributed by atoms with Crippen LogP contribution in [0.4, 0.5) is 8.78 Å². The minimum atomic E-state index is -2.34. The molecule has 1 N–H and O–H groups in total. The van der Waals surface area contributed by atoms with Crippen LogP contribution in [0.1, 0.15) is 22.7 Å². The van der Waals surface area contributed by atoms with E-state index in [1.807, 2.05) is 36.9 Å². The molecule has 18 heavy (non-hydrogen) atoms. The third-order valence-electron chi connectivity index (χ3n) is 3.54. The van der Waals surface area contributed by atoms with Crippen molar-refractivity contribution in [2.45, 2.75) is 26.3 Å². The van der Waals surface area contributed by atoms with Gasteiger partial charge in [0, 0.05) is 26.2 Å². The second-order valence-electron chi connectivity index (χ2n) is 4.93. The lowest BCUT2D eigenvalue weighted by Gasteiger charge is -2.35. The summed E-state index contributed by atoms with van der Waals surface area (Å²) in [6.07, 6.45) is -2.34. The molecule has 2 rings (SSSR count). The van der Waals surface area contributed by atoms with Crippen molar-refractivity contribution in [1.29, 1.82) is 0 Å². The first-order valence-electron chi connectivity index (χ1n) is 6.39. The molecule has 1 fully saturated rings. The smallest absolute Gasteiger partial charge is 0.258 e. The van der Waals surface area contributed by atoms with Gasteiger partial charge < -0.3 is 5.32 Å². The highest BCUT2D eigenvalue weighted by atomic mass is 19.3. The van der Waals surface area contributed by atoms with E-state index in [1.165, 1.54) is 0 Å². The predicted molar refractivity (Wildman–Crippen MR) is 69.1 cm³/mol. The molecule has 1 aliphatic heterocycles. The van der Waals surface area contributed by atoms with Crippen molar-refractivity contribution in [3.8, 4) is 0 Å². The zero-order valence-electron chi connectivity index (χ0n) is 10.9.